The first-order chi connectivity index (χ1) is 13.7. The number of hydrogen-bond donors (Lipinski definition) is 1. The first kappa shape index (κ1) is 18.1. The molecule has 148 valence electrons. The number of rotatable bonds is 6. The molecule has 4 aliphatic carbocycles. The molecular formula is C22H26N2O3S. The molecule has 1 heterocycles. The van der Waals surface area contributed by atoms with Crippen LogP contribution in [0.4, 0.5) is 0 Å². The van der Waals surface area contributed by atoms with Crippen LogP contribution in [0.5, 0.6) is 5.88 Å². The summed E-state index contributed by atoms with van der Waals surface area (Å²) in [6.45, 7) is 0.400. The Morgan fingerprint density at radius 2 is 1.82 bits per heavy atom. The average molecular weight is 399 g/mol. The van der Waals surface area contributed by atoms with Crippen LogP contribution in [0.3, 0.4) is 0 Å². The quantitative estimate of drug-likeness (QED) is 0.724. The molecule has 0 saturated heterocycles. The third kappa shape index (κ3) is 3.32. The van der Waals surface area contributed by atoms with Crippen LogP contribution in [0.2, 0.25) is 0 Å². The molecule has 0 aliphatic heterocycles. The van der Waals surface area contributed by atoms with E-state index in [2.05, 4.69) is 10.5 Å². The second kappa shape index (κ2) is 7.47. The molecule has 1 aromatic heterocycles. The van der Waals surface area contributed by atoms with Gasteiger partial charge in [-0.1, -0.05) is 30.3 Å². The van der Waals surface area contributed by atoms with Gasteiger partial charge in [-0.15, -0.1) is 11.8 Å². The maximum atomic E-state index is 13.0. The number of carbonyl (C=O) groups excluding carboxylic acids is 1. The maximum Gasteiger partial charge on any atom is 0.291 e. The lowest BCUT2D eigenvalue weighted by Gasteiger charge is -2.54. The lowest BCUT2D eigenvalue weighted by Crippen LogP contribution is -2.55. The number of thioether (sulfide) groups is 1. The van der Waals surface area contributed by atoms with Gasteiger partial charge in [-0.25, -0.2) is 0 Å². The van der Waals surface area contributed by atoms with E-state index in [0.717, 1.165) is 17.4 Å². The number of ether oxygens (including phenoxy) is 1. The predicted octanol–water partition coefficient (Wildman–Crippen LogP) is 4.53. The minimum Gasteiger partial charge on any atom is -0.470 e. The molecule has 5 nitrogen and oxygen atoms in total. The molecule has 6 heteroatoms. The van der Waals surface area contributed by atoms with Crippen molar-refractivity contribution in [3.63, 3.8) is 0 Å². The van der Waals surface area contributed by atoms with Crippen LogP contribution in [0.25, 0.3) is 0 Å². The molecule has 1 amide bonds. The lowest BCUT2D eigenvalue weighted by atomic mass is 9.54. The highest BCUT2D eigenvalue weighted by atomic mass is 32.2. The van der Waals surface area contributed by atoms with Gasteiger partial charge in [-0.05, 0) is 72.8 Å². The van der Waals surface area contributed by atoms with Crippen LogP contribution < -0.4 is 10.1 Å². The van der Waals surface area contributed by atoms with Gasteiger partial charge in [0.15, 0.2) is 0 Å². The average Bonchev–Trinajstić information content (AvgIpc) is 3.12. The van der Waals surface area contributed by atoms with Crippen LogP contribution in [0.1, 0.15) is 48.2 Å². The van der Waals surface area contributed by atoms with Crippen LogP contribution in [0, 0.1) is 23.7 Å². The molecule has 28 heavy (non-hydrogen) atoms. The Morgan fingerprint density at radius 1 is 1.14 bits per heavy atom. The Bertz CT molecular complexity index is 823. The first-order valence-corrected chi connectivity index (χ1v) is 11.4. The van der Waals surface area contributed by atoms with Gasteiger partial charge in [0.1, 0.15) is 11.5 Å². The smallest absolute Gasteiger partial charge is 0.291 e. The van der Waals surface area contributed by atoms with Crippen molar-refractivity contribution in [1.82, 2.24) is 10.5 Å². The van der Waals surface area contributed by atoms with Crippen molar-refractivity contribution in [2.45, 2.75) is 49.6 Å². The largest absolute Gasteiger partial charge is 0.470 e. The summed E-state index contributed by atoms with van der Waals surface area (Å²) in [7, 11) is 0. The Kier molecular flexibility index (Phi) is 4.83. The Labute approximate surface area is 169 Å². The summed E-state index contributed by atoms with van der Waals surface area (Å²) in [6.07, 6.45) is 8.42. The number of amides is 1. The molecule has 0 atom stereocenters. The number of aromatic nitrogens is 1. The van der Waals surface area contributed by atoms with Crippen molar-refractivity contribution in [2.75, 3.05) is 6.26 Å². The van der Waals surface area contributed by atoms with Crippen molar-refractivity contribution >= 4 is 17.7 Å². The molecule has 4 bridgehead atoms. The maximum absolute atomic E-state index is 13.0. The summed E-state index contributed by atoms with van der Waals surface area (Å²) >= 11 is 1.44. The van der Waals surface area contributed by atoms with Gasteiger partial charge >= 0.3 is 0 Å². The fourth-order valence-corrected chi connectivity index (χ4v) is 6.37. The Balaban J connectivity index is 1.28. The summed E-state index contributed by atoms with van der Waals surface area (Å²) in [5.74, 6) is 3.57. The summed E-state index contributed by atoms with van der Waals surface area (Å²) in [4.78, 5) is 13.7. The third-order valence-corrected chi connectivity index (χ3v) is 7.54. The minimum atomic E-state index is -0.149. The zero-order chi connectivity index (χ0) is 19.1. The molecule has 0 radical (unpaired) electrons. The molecule has 0 spiro atoms. The molecule has 0 unspecified atom stereocenters. The van der Waals surface area contributed by atoms with E-state index in [1.165, 1.54) is 43.9 Å². The summed E-state index contributed by atoms with van der Waals surface area (Å²) in [6, 6.07) is 10.2. The van der Waals surface area contributed by atoms with Crippen LogP contribution in [-0.4, -0.2) is 23.4 Å². The van der Waals surface area contributed by atoms with Crippen LogP contribution in [0.15, 0.2) is 39.8 Å². The number of nitrogens with zero attached hydrogens (tertiary/aromatic N) is 1. The van der Waals surface area contributed by atoms with Crippen molar-refractivity contribution in [3.8, 4) is 5.88 Å². The number of carbonyl (C=O) groups is 1. The van der Waals surface area contributed by atoms with Crippen molar-refractivity contribution in [2.24, 2.45) is 23.7 Å². The number of benzene rings is 1. The zero-order valence-electron chi connectivity index (χ0n) is 16.1. The summed E-state index contributed by atoms with van der Waals surface area (Å²) in [5.41, 5.74) is 1.05. The standard InChI is InChI=1S/C22H26N2O3S/c1-28-20-19(27-24-22(20)26-12-13-5-3-2-4-6-13)21(25)23-18-16-8-14-7-15(10-16)11-17(18)9-14/h2-6,14-18H,7-12H2,1H3,(H,23,25). The van der Waals surface area contributed by atoms with E-state index in [4.69, 9.17) is 9.26 Å². The zero-order valence-corrected chi connectivity index (χ0v) is 16.9. The van der Waals surface area contributed by atoms with Gasteiger partial charge in [0.05, 0.1) is 0 Å². The second-order valence-electron chi connectivity index (χ2n) is 8.55. The van der Waals surface area contributed by atoms with Gasteiger partial charge in [0, 0.05) is 6.04 Å². The molecule has 4 saturated carbocycles. The molecular weight excluding hydrogens is 372 g/mol. The second-order valence-corrected chi connectivity index (χ2v) is 9.37. The highest BCUT2D eigenvalue weighted by Crippen LogP contribution is 2.53. The normalized spacial score (nSPS) is 30.4. The van der Waals surface area contributed by atoms with E-state index in [0.29, 0.717) is 29.2 Å². The van der Waals surface area contributed by atoms with Crippen molar-refractivity contribution in [3.05, 3.63) is 41.7 Å². The lowest BCUT2D eigenvalue weighted by molar-refractivity contribution is -0.0124. The summed E-state index contributed by atoms with van der Waals surface area (Å²) < 4.78 is 11.2. The molecule has 6 rings (SSSR count). The van der Waals surface area contributed by atoms with Crippen LogP contribution >= 0.6 is 11.8 Å². The van der Waals surface area contributed by atoms with E-state index in [9.17, 15) is 4.79 Å². The molecule has 1 N–H and O–H groups in total. The van der Waals surface area contributed by atoms with Crippen LogP contribution in [-0.2, 0) is 6.61 Å². The van der Waals surface area contributed by atoms with Gasteiger partial charge in [-0.3, -0.25) is 4.79 Å². The predicted molar refractivity (Wildman–Crippen MR) is 107 cm³/mol. The highest BCUT2D eigenvalue weighted by Gasteiger charge is 2.49. The number of hydrogen-bond acceptors (Lipinski definition) is 5. The van der Waals surface area contributed by atoms with E-state index >= 15 is 0 Å². The van der Waals surface area contributed by atoms with Gasteiger partial charge in [-0.2, -0.15) is 0 Å². The minimum absolute atomic E-state index is 0.149. The Morgan fingerprint density at radius 3 is 2.46 bits per heavy atom. The van der Waals surface area contributed by atoms with Crippen molar-refractivity contribution < 1.29 is 14.1 Å². The fraction of sp³-hybridized carbons (Fsp3) is 0.545. The summed E-state index contributed by atoms with van der Waals surface area (Å²) in [5, 5.41) is 7.33. The molecule has 2 aromatic rings. The van der Waals surface area contributed by atoms with Gasteiger partial charge in [0.2, 0.25) is 5.76 Å². The Hall–Kier alpha value is -1.95. The highest BCUT2D eigenvalue weighted by molar-refractivity contribution is 7.98. The van der Waals surface area contributed by atoms with E-state index < -0.39 is 0 Å². The topological polar surface area (TPSA) is 64.4 Å². The number of nitrogens with one attached hydrogen (secondary N) is 1. The van der Waals surface area contributed by atoms with E-state index in [-0.39, 0.29) is 17.7 Å². The van der Waals surface area contributed by atoms with Gasteiger partial charge in [0.25, 0.3) is 11.8 Å². The monoisotopic (exact) mass is 398 g/mol. The fourth-order valence-electron chi connectivity index (χ4n) is 5.79. The molecule has 1 aromatic carbocycles. The third-order valence-electron chi connectivity index (χ3n) is 6.77. The molecule has 4 fully saturated rings. The van der Waals surface area contributed by atoms with E-state index in [1.54, 1.807) is 0 Å². The van der Waals surface area contributed by atoms with E-state index in [1.807, 2.05) is 36.6 Å². The SMILES string of the molecule is CSc1c(OCc2ccccc2)noc1C(=O)NC1C2CC3CC(C2)CC1C3. The first-order valence-electron chi connectivity index (χ1n) is 10.2. The van der Waals surface area contributed by atoms with Gasteiger partial charge < -0.3 is 14.6 Å². The van der Waals surface area contributed by atoms with Crippen molar-refractivity contribution in [1.29, 1.82) is 0 Å². The molecule has 4 aliphatic rings.